The van der Waals surface area contributed by atoms with Crippen LogP contribution in [0.1, 0.15) is 53.3 Å². The molecule has 7 nitrogen and oxygen atoms in total. The van der Waals surface area contributed by atoms with E-state index in [1.165, 1.54) is 0 Å². The number of anilines is 1. The molecule has 0 fully saturated rings. The van der Waals surface area contributed by atoms with E-state index in [4.69, 9.17) is 4.74 Å². The Labute approximate surface area is 125 Å². The summed E-state index contributed by atoms with van der Waals surface area (Å²) < 4.78 is 5.35. The molecule has 0 saturated heterocycles. The molecule has 21 heavy (non-hydrogen) atoms. The second kappa shape index (κ2) is 7.19. The molecular weight excluding hydrogens is 272 g/mol. The van der Waals surface area contributed by atoms with Crippen LogP contribution in [0.25, 0.3) is 0 Å². The SMILES string of the molecule is CCCCNc1nc(C(C)(C)C)nc(OCC)c1[N+](=O)[O-]. The van der Waals surface area contributed by atoms with Gasteiger partial charge in [0.1, 0.15) is 5.82 Å². The third kappa shape index (κ3) is 4.54. The minimum atomic E-state index is -0.494. The summed E-state index contributed by atoms with van der Waals surface area (Å²) in [6, 6.07) is 0. The molecule has 0 aliphatic heterocycles. The fourth-order valence-corrected chi connectivity index (χ4v) is 1.68. The molecule has 0 saturated carbocycles. The van der Waals surface area contributed by atoms with Gasteiger partial charge < -0.3 is 10.1 Å². The summed E-state index contributed by atoms with van der Waals surface area (Å²) in [4.78, 5) is 19.4. The van der Waals surface area contributed by atoms with Crippen molar-refractivity contribution in [3.05, 3.63) is 15.9 Å². The summed E-state index contributed by atoms with van der Waals surface area (Å²) in [6.45, 7) is 10.6. The molecule has 0 bridgehead atoms. The molecule has 118 valence electrons. The van der Waals surface area contributed by atoms with Crippen molar-refractivity contribution in [3.8, 4) is 5.88 Å². The van der Waals surface area contributed by atoms with Gasteiger partial charge >= 0.3 is 5.69 Å². The van der Waals surface area contributed by atoms with Crippen molar-refractivity contribution in [1.29, 1.82) is 0 Å². The van der Waals surface area contributed by atoms with Crippen LogP contribution in [0.2, 0.25) is 0 Å². The number of ether oxygens (including phenoxy) is 1. The van der Waals surface area contributed by atoms with E-state index in [-0.39, 0.29) is 22.8 Å². The van der Waals surface area contributed by atoms with Gasteiger partial charge in [-0.3, -0.25) is 10.1 Å². The van der Waals surface area contributed by atoms with Crippen LogP contribution in [-0.2, 0) is 5.41 Å². The van der Waals surface area contributed by atoms with Crippen molar-refractivity contribution in [3.63, 3.8) is 0 Å². The molecule has 0 amide bonds. The second-order valence-corrected chi connectivity index (χ2v) is 5.77. The largest absolute Gasteiger partial charge is 0.473 e. The van der Waals surface area contributed by atoms with E-state index in [2.05, 4.69) is 22.2 Å². The van der Waals surface area contributed by atoms with Gasteiger partial charge in [0.25, 0.3) is 5.88 Å². The van der Waals surface area contributed by atoms with Gasteiger partial charge in [-0.25, -0.2) is 4.98 Å². The molecule has 1 aromatic rings. The number of rotatable bonds is 7. The topological polar surface area (TPSA) is 90.2 Å². The lowest BCUT2D eigenvalue weighted by atomic mass is 9.96. The van der Waals surface area contributed by atoms with Gasteiger partial charge in [-0.15, -0.1) is 0 Å². The van der Waals surface area contributed by atoms with Crippen LogP contribution in [0.4, 0.5) is 11.5 Å². The highest BCUT2D eigenvalue weighted by atomic mass is 16.6. The predicted molar refractivity (Wildman–Crippen MR) is 82.0 cm³/mol. The lowest BCUT2D eigenvalue weighted by Gasteiger charge is -2.19. The first-order valence-corrected chi connectivity index (χ1v) is 7.24. The van der Waals surface area contributed by atoms with Crippen LogP contribution in [-0.4, -0.2) is 28.0 Å². The molecule has 0 atom stereocenters. The molecule has 0 aliphatic carbocycles. The first-order chi connectivity index (χ1) is 9.81. The highest BCUT2D eigenvalue weighted by Crippen LogP contribution is 2.34. The summed E-state index contributed by atoms with van der Waals surface area (Å²) in [5, 5.41) is 14.4. The highest BCUT2D eigenvalue weighted by Gasteiger charge is 2.29. The Hall–Kier alpha value is -1.92. The normalized spacial score (nSPS) is 11.3. The number of aromatic nitrogens is 2. The minimum Gasteiger partial charge on any atom is -0.473 e. The van der Waals surface area contributed by atoms with Crippen LogP contribution in [0.3, 0.4) is 0 Å². The quantitative estimate of drug-likeness (QED) is 0.471. The summed E-state index contributed by atoms with van der Waals surface area (Å²) in [5.41, 5.74) is -0.511. The smallest absolute Gasteiger partial charge is 0.372 e. The molecule has 1 aromatic heterocycles. The van der Waals surface area contributed by atoms with E-state index in [1.807, 2.05) is 20.8 Å². The van der Waals surface area contributed by atoms with Crippen LogP contribution in [0, 0.1) is 10.1 Å². The van der Waals surface area contributed by atoms with Crippen molar-refractivity contribution >= 4 is 11.5 Å². The number of unbranched alkanes of at least 4 members (excludes halogenated alkanes) is 1. The molecule has 0 unspecified atom stereocenters. The van der Waals surface area contributed by atoms with Crippen molar-refractivity contribution in [2.45, 2.75) is 52.9 Å². The van der Waals surface area contributed by atoms with Gasteiger partial charge in [0.05, 0.1) is 11.5 Å². The zero-order valence-electron chi connectivity index (χ0n) is 13.4. The van der Waals surface area contributed by atoms with E-state index in [0.717, 1.165) is 12.8 Å². The van der Waals surface area contributed by atoms with Crippen molar-refractivity contribution in [2.24, 2.45) is 0 Å². The van der Waals surface area contributed by atoms with Gasteiger partial charge in [-0.05, 0) is 13.3 Å². The number of hydrogen-bond acceptors (Lipinski definition) is 6. The van der Waals surface area contributed by atoms with Gasteiger partial charge in [0.2, 0.25) is 5.82 Å². The predicted octanol–water partition coefficient (Wildman–Crippen LogP) is 3.29. The van der Waals surface area contributed by atoms with E-state index < -0.39 is 4.92 Å². The van der Waals surface area contributed by atoms with Crippen LogP contribution in [0.5, 0.6) is 5.88 Å². The van der Waals surface area contributed by atoms with Gasteiger partial charge in [-0.2, -0.15) is 4.98 Å². The Morgan fingerprint density at radius 3 is 2.43 bits per heavy atom. The molecule has 0 radical (unpaired) electrons. The van der Waals surface area contributed by atoms with Crippen LogP contribution in [0.15, 0.2) is 0 Å². The molecule has 7 heteroatoms. The van der Waals surface area contributed by atoms with Gasteiger partial charge in [0.15, 0.2) is 0 Å². The summed E-state index contributed by atoms with van der Waals surface area (Å²) in [7, 11) is 0. The molecule has 1 rings (SSSR count). The van der Waals surface area contributed by atoms with E-state index in [0.29, 0.717) is 19.0 Å². The summed E-state index contributed by atoms with van der Waals surface area (Å²) >= 11 is 0. The Morgan fingerprint density at radius 1 is 1.29 bits per heavy atom. The number of nitrogens with one attached hydrogen (secondary N) is 1. The zero-order chi connectivity index (χ0) is 16.0. The van der Waals surface area contributed by atoms with Crippen molar-refractivity contribution in [1.82, 2.24) is 9.97 Å². The van der Waals surface area contributed by atoms with Gasteiger partial charge in [-0.1, -0.05) is 34.1 Å². The maximum Gasteiger partial charge on any atom is 0.372 e. The number of nitro groups is 1. The van der Waals surface area contributed by atoms with Crippen LogP contribution >= 0.6 is 0 Å². The van der Waals surface area contributed by atoms with E-state index in [9.17, 15) is 10.1 Å². The van der Waals surface area contributed by atoms with Gasteiger partial charge in [0, 0.05) is 12.0 Å². The third-order valence-corrected chi connectivity index (χ3v) is 2.81. The Kier molecular flexibility index (Phi) is 5.87. The monoisotopic (exact) mass is 296 g/mol. The van der Waals surface area contributed by atoms with Crippen LogP contribution < -0.4 is 10.1 Å². The summed E-state index contributed by atoms with van der Waals surface area (Å²) in [6.07, 6.45) is 1.91. The molecule has 1 N–H and O–H groups in total. The third-order valence-electron chi connectivity index (χ3n) is 2.81. The first kappa shape index (κ1) is 17.1. The second-order valence-electron chi connectivity index (χ2n) is 5.77. The average molecular weight is 296 g/mol. The number of nitrogens with zero attached hydrogens (tertiary/aromatic N) is 3. The fraction of sp³-hybridized carbons (Fsp3) is 0.714. The van der Waals surface area contributed by atoms with E-state index >= 15 is 0 Å². The van der Waals surface area contributed by atoms with Crippen molar-refractivity contribution in [2.75, 3.05) is 18.5 Å². The molecular formula is C14H24N4O3. The molecule has 0 aliphatic rings. The highest BCUT2D eigenvalue weighted by molar-refractivity contribution is 5.62. The molecule has 1 heterocycles. The average Bonchev–Trinajstić information content (AvgIpc) is 2.37. The standard InChI is InChI=1S/C14H24N4O3/c1-6-8-9-15-11-10(18(19)20)12(21-7-2)17-13(16-11)14(3,4)5/h6-9H2,1-5H3,(H,15,16,17). The maximum atomic E-state index is 11.3. The Morgan fingerprint density at radius 2 is 1.95 bits per heavy atom. The Balaban J connectivity index is 3.33. The maximum absolute atomic E-state index is 11.3. The zero-order valence-corrected chi connectivity index (χ0v) is 13.4. The van der Waals surface area contributed by atoms with E-state index in [1.54, 1.807) is 6.92 Å². The first-order valence-electron chi connectivity index (χ1n) is 7.24. The fourth-order valence-electron chi connectivity index (χ4n) is 1.68. The molecule has 0 spiro atoms. The molecule has 0 aromatic carbocycles. The Bertz CT molecular complexity index is 498. The minimum absolute atomic E-state index is 0.0291. The lowest BCUT2D eigenvalue weighted by molar-refractivity contribution is -0.385. The lowest BCUT2D eigenvalue weighted by Crippen LogP contribution is -2.19. The summed E-state index contributed by atoms with van der Waals surface area (Å²) in [5.74, 6) is 0.786. The number of hydrogen-bond donors (Lipinski definition) is 1. The van der Waals surface area contributed by atoms with Crippen molar-refractivity contribution < 1.29 is 9.66 Å².